The predicted molar refractivity (Wildman–Crippen MR) is 84.6 cm³/mol. The summed E-state index contributed by atoms with van der Waals surface area (Å²) in [6, 6.07) is 8.99. The number of nitrogens with two attached hydrogens (primary N) is 1. The molecule has 0 heterocycles. The molecule has 0 aromatic heterocycles. The number of hydrogen-bond donors (Lipinski definition) is 2. The molecule has 0 spiro atoms. The lowest BCUT2D eigenvalue weighted by atomic mass is 9.84. The van der Waals surface area contributed by atoms with Gasteiger partial charge < -0.3 is 11.1 Å². The van der Waals surface area contributed by atoms with E-state index in [1.54, 1.807) is 0 Å². The van der Waals surface area contributed by atoms with Gasteiger partial charge in [0.1, 0.15) is 0 Å². The molecule has 0 aliphatic heterocycles. The molecule has 0 saturated heterocycles. The van der Waals surface area contributed by atoms with Crippen LogP contribution in [0.25, 0.3) is 0 Å². The van der Waals surface area contributed by atoms with Gasteiger partial charge in [-0.1, -0.05) is 45.0 Å². The molecule has 3 N–H and O–H groups in total. The first-order chi connectivity index (χ1) is 8.74. The predicted octanol–water partition coefficient (Wildman–Crippen LogP) is 3.24. The maximum absolute atomic E-state index is 5.99. The molecular weight excluding hydrogens is 232 g/mol. The fourth-order valence-electron chi connectivity index (χ4n) is 2.11. The van der Waals surface area contributed by atoms with Gasteiger partial charge in [0.05, 0.1) is 0 Å². The Morgan fingerprint density at radius 3 is 2.11 bits per heavy atom. The fraction of sp³-hybridized carbons (Fsp3) is 0.647. The third-order valence-corrected chi connectivity index (χ3v) is 3.66. The van der Waals surface area contributed by atoms with E-state index in [0.717, 1.165) is 25.9 Å². The molecule has 0 atom stereocenters. The minimum Gasteiger partial charge on any atom is -0.326 e. The van der Waals surface area contributed by atoms with Crippen molar-refractivity contribution in [3.8, 4) is 0 Å². The van der Waals surface area contributed by atoms with E-state index >= 15 is 0 Å². The molecule has 0 amide bonds. The van der Waals surface area contributed by atoms with Crippen LogP contribution in [0.1, 0.15) is 52.2 Å². The number of benzene rings is 1. The first-order valence-electron chi connectivity index (χ1n) is 7.33. The summed E-state index contributed by atoms with van der Waals surface area (Å²) >= 11 is 0. The minimum atomic E-state index is -0.0834. The van der Waals surface area contributed by atoms with Gasteiger partial charge in [0.25, 0.3) is 0 Å². The van der Waals surface area contributed by atoms with Crippen LogP contribution in [-0.4, -0.2) is 18.6 Å². The summed E-state index contributed by atoms with van der Waals surface area (Å²) in [5, 5.41) is 3.53. The summed E-state index contributed by atoms with van der Waals surface area (Å²) in [5.41, 5.74) is 8.86. The number of nitrogens with one attached hydrogen (secondary N) is 1. The molecule has 0 aliphatic rings. The molecule has 19 heavy (non-hydrogen) atoms. The van der Waals surface area contributed by atoms with E-state index in [1.165, 1.54) is 11.1 Å². The standard InChI is InChI=1S/C17H30N2/c1-6-14-7-9-15(10-8-14)16(2,3)13-19-12-11-17(4,5)18/h7-10,19H,6,11-13,18H2,1-5H3. The molecule has 0 saturated carbocycles. The summed E-state index contributed by atoms with van der Waals surface area (Å²) < 4.78 is 0. The van der Waals surface area contributed by atoms with Crippen molar-refractivity contribution < 1.29 is 0 Å². The Hall–Kier alpha value is -0.860. The van der Waals surface area contributed by atoms with Crippen LogP contribution in [0.15, 0.2) is 24.3 Å². The second-order valence-electron chi connectivity index (χ2n) is 6.85. The van der Waals surface area contributed by atoms with Gasteiger partial charge in [-0.25, -0.2) is 0 Å². The van der Waals surface area contributed by atoms with E-state index in [0.29, 0.717) is 0 Å². The van der Waals surface area contributed by atoms with Crippen LogP contribution in [0.4, 0.5) is 0 Å². The van der Waals surface area contributed by atoms with Crippen molar-refractivity contribution in [2.75, 3.05) is 13.1 Å². The van der Waals surface area contributed by atoms with Crippen LogP contribution in [-0.2, 0) is 11.8 Å². The van der Waals surface area contributed by atoms with Crippen LogP contribution < -0.4 is 11.1 Å². The van der Waals surface area contributed by atoms with Gasteiger partial charge in [0.15, 0.2) is 0 Å². The highest BCUT2D eigenvalue weighted by molar-refractivity contribution is 5.28. The van der Waals surface area contributed by atoms with Gasteiger partial charge in [-0.2, -0.15) is 0 Å². The molecule has 1 aromatic rings. The molecule has 1 rings (SSSR count). The third kappa shape index (κ3) is 5.75. The highest BCUT2D eigenvalue weighted by Gasteiger charge is 2.20. The zero-order valence-electron chi connectivity index (χ0n) is 13.2. The Kier molecular flexibility index (Phi) is 5.57. The number of hydrogen-bond acceptors (Lipinski definition) is 2. The smallest absolute Gasteiger partial charge is 0.0109 e. The van der Waals surface area contributed by atoms with Crippen molar-refractivity contribution in [2.24, 2.45) is 5.73 Å². The largest absolute Gasteiger partial charge is 0.326 e. The van der Waals surface area contributed by atoms with Gasteiger partial charge in [0, 0.05) is 17.5 Å². The van der Waals surface area contributed by atoms with Crippen molar-refractivity contribution in [3.05, 3.63) is 35.4 Å². The Balaban J connectivity index is 2.50. The Bertz CT molecular complexity index is 371. The molecule has 2 nitrogen and oxygen atoms in total. The summed E-state index contributed by atoms with van der Waals surface area (Å²) in [7, 11) is 0. The van der Waals surface area contributed by atoms with E-state index in [-0.39, 0.29) is 11.0 Å². The van der Waals surface area contributed by atoms with E-state index in [4.69, 9.17) is 5.73 Å². The minimum absolute atomic E-state index is 0.0834. The van der Waals surface area contributed by atoms with Gasteiger partial charge in [-0.15, -0.1) is 0 Å². The molecule has 0 unspecified atom stereocenters. The van der Waals surface area contributed by atoms with Gasteiger partial charge >= 0.3 is 0 Å². The maximum Gasteiger partial charge on any atom is 0.0109 e. The summed E-state index contributed by atoms with van der Waals surface area (Å²) in [6.45, 7) is 12.9. The van der Waals surface area contributed by atoms with Crippen molar-refractivity contribution in [2.45, 2.75) is 58.4 Å². The molecule has 2 heteroatoms. The van der Waals surface area contributed by atoms with Crippen LogP contribution in [0.5, 0.6) is 0 Å². The third-order valence-electron chi connectivity index (χ3n) is 3.66. The average Bonchev–Trinajstić information content (AvgIpc) is 2.34. The zero-order chi connectivity index (χ0) is 14.5. The van der Waals surface area contributed by atoms with E-state index < -0.39 is 0 Å². The molecule has 0 fully saturated rings. The first-order valence-corrected chi connectivity index (χ1v) is 7.33. The molecular formula is C17H30N2. The molecule has 0 bridgehead atoms. The maximum atomic E-state index is 5.99. The highest BCUT2D eigenvalue weighted by atomic mass is 14.9. The summed E-state index contributed by atoms with van der Waals surface area (Å²) in [4.78, 5) is 0. The SMILES string of the molecule is CCc1ccc(C(C)(C)CNCCC(C)(C)N)cc1. The monoisotopic (exact) mass is 262 g/mol. The molecule has 0 radical (unpaired) electrons. The van der Waals surface area contributed by atoms with Crippen molar-refractivity contribution in [1.29, 1.82) is 0 Å². The summed E-state index contributed by atoms with van der Waals surface area (Å²) in [5.74, 6) is 0. The fourth-order valence-corrected chi connectivity index (χ4v) is 2.11. The second kappa shape index (κ2) is 6.53. The Morgan fingerprint density at radius 1 is 1.05 bits per heavy atom. The van der Waals surface area contributed by atoms with Crippen LogP contribution in [0, 0.1) is 0 Å². The van der Waals surface area contributed by atoms with Gasteiger partial charge in [-0.05, 0) is 44.4 Å². The topological polar surface area (TPSA) is 38.0 Å². The normalized spacial score (nSPS) is 12.7. The summed E-state index contributed by atoms with van der Waals surface area (Å²) in [6.07, 6.45) is 2.10. The van der Waals surface area contributed by atoms with Crippen molar-refractivity contribution >= 4 is 0 Å². The van der Waals surface area contributed by atoms with Gasteiger partial charge in [-0.3, -0.25) is 0 Å². The first kappa shape index (κ1) is 16.2. The Labute approximate surface area is 118 Å². The average molecular weight is 262 g/mol. The second-order valence-corrected chi connectivity index (χ2v) is 6.85. The van der Waals surface area contributed by atoms with Crippen LogP contribution in [0.3, 0.4) is 0 Å². The molecule has 1 aromatic carbocycles. The Morgan fingerprint density at radius 2 is 1.63 bits per heavy atom. The molecule has 0 aliphatic carbocycles. The highest BCUT2D eigenvalue weighted by Crippen LogP contribution is 2.22. The lowest BCUT2D eigenvalue weighted by Crippen LogP contribution is -2.39. The lowest BCUT2D eigenvalue weighted by Gasteiger charge is -2.27. The molecule has 108 valence electrons. The zero-order valence-corrected chi connectivity index (χ0v) is 13.2. The van der Waals surface area contributed by atoms with Crippen molar-refractivity contribution in [1.82, 2.24) is 5.32 Å². The van der Waals surface area contributed by atoms with E-state index in [1.807, 2.05) is 0 Å². The van der Waals surface area contributed by atoms with Gasteiger partial charge in [0.2, 0.25) is 0 Å². The quantitative estimate of drug-likeness (QED) is 0.740. The number of aryl methyl sites for hydroxylation is 1. The van der Waals surface area contributed by atoms with Crippen molar-refractivity contribution in [3.63, 3.8) is 0 Å². The van der Waals surface area contributed by atoms with Crippen LogP contribution in [0.2, 0.25) is 0 Å². The number of rotatable bonds is 7. The van der Waals surface area contributed by atoms with E-state index in [9.17, 15) is 0 Å². The lowest BCUT2D eigenvalue weighted by molar-refractivity contribution is 0.418. The van der Waals surface area contributed by atoms with E-state index in [2.05, 4.69) is 64.2 Å². The van der Waals surface area contributed by atoms with Crippen LogP contribution >= 0.6 is 0 Å².